The van der Waals surface area contributed by atoms with Crippen LogP contribution in [0, 0.1) is 0 Å². The smallest absolute Gasteiger partial charge is 0.220 e. The molecule has 0 aromatic carbocycles. The first-order chi connectivity index (χ1) is 32.6. The van der Waals surface area contributed by atoms with Gasteiger partial charge in [-0.2, -0.15) is 0 Å². The number of unbranched alkanes of at least 4 members (excludes halogenated alkanes) is 31. The van der Waals surface area contributed by atoms with Gasteiger partial charge in [-0.1, -0.05) is 219 Å². The zero-order valence-corrected chi connectivity index (χ0v) is 42.4. The lowest BCUT2D eigenvalue weighted by Crippen LogP contribution is -2.65. The zero-order chi connectivity index (χ0) is 48.9. The van der Waals surface area contributed by atoms with E-state index >= 15 is 0 Å². The number of hydrogen-bond acceptors (Lipinski definition) is 13. The van der Waals surface area contributed by atoms with Crippen LogP contribution in [-0.4, -0.2) is 140 Å². The molecule has 2 saturated heterocycles. The molecule has 2 aliphatic heterocycles. The second-order valence-corrected chi connectivity index (χ2v) is 20.1. The molecule has 398 valence electrons. The molecule has 9 N–H and O–H groups in total. The van der Waals surface area contributed by atoms with Crippen molar-refractivity contribution in [3.63, 3.8) is 0 Å². The molecule has 4 unspecified atom stereocenters. The summed E-state index contributed by atoms with van der Waals surface area (Å²) in [5.74, 6) is -0.202. The first-order valence-electron chi connectivity index (χ1n) is 27.8. The lowest BCUT2D eigenvalue weighted by molar-refractivity contribution is -0.359. The highest BCUT2D eigenvalue weighted by Gasteiger charge is 2.51. The molecule has 0 aromatic heterocycles. The number of aliphatic hydroxyl groups is 8. The Morgan fingerprint density at radius 3 is 1.27 bits per heavy atom. The van der Waals surface area contributed by atoms with Crippen LogP contribution in [-0.2, 0) is 23.7 Å². The Hall–Kier alpha value is -1.01. The van der Waals surface area contributed by atoms with Gasteiger partial charge in [-0.3, -0.25) is 4.79 Å². The molecular formula is C53H103NO13. The maximum absolute atomic E-state index is 13.2. The van der Waals surface area contributed by atoms with Crippen LogP contribution in [0.5, 0.6) is 0 Å². The Bertz CT molecular complexity index is 1140. The summed E-state index contributed by atoms with van der Waals surface area (Å²) in [5, 5.41) is 87.1. The standard InChI is InChI=1S/C53H103NO13/c1-3-5-7-9-11-13-15-17-19-20-21-23-25-27-29-31-33-35-37-45(58)54-41(42(57)36-34-32-30-28-26-24-22-18-16-14-12-10-8-6-4-2)40-64-52-50(63)48(61)51(44(39-56)66-52)67-53-49(62)47(60)46(59)43(38-55)65-53/h41-44,46-53,55-57,59-63H,3-40H2,1-2H3,(H,54,58)/t41-,42+,43+,44+,46-,47?,48?,49?,50?,51+,52+,53-/m0/s1. The predicted molar refractivity (Wildman–Crippen MR) is 263 cm³/mol. The largest absolute Gasteiger partial charge is 0.394 e. The maximum atomic E-state index is 13.2. The van der Waals surface area contributed by atoms with Crippen molar-refractivity contribution < 1.29 is 64.6 Å². The Kier molecular flexibility index (Phi) is 37.6. The van der Waals surface area contributed by atoms with Crippen LogP contribution in [0.3, 0.4) is 0 Å². The summed E-state index contributed by atoms with van der Waals surface area (Å²) >= 11 is 0. The minimum atomic E-state index is -1.78. The minimum Gasteiger partial charge on any atom is -0.394 e. The predicted octanol–water partition coefficient (Wildman–Crippen LogP) is 8.17. The first kappa shape index (κ1) is 62.1. The molecule has 2 fully saturated rings. The second kappa shape index (κ2) is 40.6. The molecule has 2 aliphatic rings. The molecule has 0 radical (unpaired) electrons. The van der Waals surface area contributed by atoms with Crippen LogP contribution in [0.1, 0.15) is 239 Å². The average molecular weight is 962 g/mol. The van der Waals surface area contributed by atoms with Gasteiger partial charge < -0.3 is 65.1 Å². The van der Waals surface area contributed by atoms with E-state index in [-0.39, 0.29) is 12.5 Å². The summed E-state index contributed by atoms with van der Waals surface area (Å²) in [6.45, 7) is 2.88. The van der Waals surface area contributed by atoms with E-state index in [9.17, 15) is 45.6 Å². The number of rotatable bonds is 44. The normalized spacial score (nSPS) is 26.5. The molecule has 12 atom stereocenters. The molecule has 0 aliphatic carbocycles. The quantitative estimate of drug-likeness (QED) is 0.0263. The molecule has 0 bridgehead atoms. The van der Waals surface area contributed by atoms with Gasteiger partial charge in [0.15, 0.2) is 12.6 Å². The molecule has 14 nitrogen and oxygen atoms in total. The van der Waals surface area contributed by atoms with Gasteiger partial charge in [0.2, 0.25) is 5.91 Å². The molecule has 0 saturated carbocycles. The summed E-state index contributed by atoms with van der Waals surface area (Å²) in [6, 6.07) is -0.821. The van der Waals surface area contributed by atoms with Crippen molar-refractivity contribution in [2.24, 2.45) is 0 Å². The van der Waals surface area contributed by atoms with Crippen LogP contribution < -0.4 is 5.32 Å². The van der Waals surface area contributed by atoms with Crippen molar-refractivity contribution in [3.05, 3.63) is 0 Å². The first-order valence-corrected chi connectivity index (χ1v) is 27.8. The number of nitrogens with one attached hydrogen (secondary N) is 1. The SMILES string of the molecule is CCCCCCCCCCCCCCCCCCCCC(=O)N[C@@H](CO[C@@H]1O[C@H](CO)[C@@H](O[C@@H]2O[C@H](CO)[C@H](O)C(O)C2O)C(O)C1O)[C@H](O)CCCCCCCCCCCCCCCCC. The monoisotopic (exact) mass is 962 g/mol. The molecule has 0 spiro atoms. The van der Waals surface area contributed by atoms with Gasteiger partial charge in [-0.05, 0) is 12.8 Å². The number of carbonyl (C=O) groups is 1. The van der Waals surface area contributed by atoms with Gasteiger partial charge in [0.25, 0.3) is 0 Å². The van der Waals surface area contributed by atoms with Crippen LogP contribution >= 0.6 is 0 Å². The van der Waals surface area contributed by atoms with Crippen molar-refractivity contribution in [2.45, 2.75) is 312 Å². The van der Waals surface area contributed by atoms with Crippen molar-refractivity contribution in [1.29, 1.82) is 0 Å². The lowest BCUT2D eigenvalue weighted by Gasteiger charge is -2.46. The lowest BCUT2D eigenvalue weighted by atomic mass is 9.97. The van der Waals surface area contributed by atoms with E-state index in [4.69, 9.17) is 18.9 Å². The summed E-state index contributed by atoms with van der Waals surface area (Å²) in [5.41, 5.74) is 0. The Balaban J connectivity index is 1.78. The fourth-order valence-corrected chi connectivity index (χ4v) is 9.53. The molecule has 0 aromatic rings. The second-order valence-electron chi connectivity index (χ2n) is 20.1. The van der Waals surface area contributed by atoms with E-state index in [0.717, 1.165) is 51.4 Å². The van der Waals surface area contributed by atoms with Gasteiger partial charge >= 0.3 is 0 Å². The van der Waals surface area contributed by atoms with Gasteiger partial charge in [0.1, 0.15) is 48.8 Å². The van der Waals surface area contributed by atoms with E-state index in [1.165, 1.54) is 161 Å². The van der Waals surface area contributed by atoms with Gasteiger partial charge in [-0.25, -0.2) is 0 Å². The maximum Gasteiger partial charge on any atom is 0.220 e. The summed E-state index contributed by atoms with van der Waals surface area (Å²) < 4.78 is 22.8. The molecule has 67 heavy (non-hydrogen) atoms. The van der Waals surface area contributed by atoms with Crippen LogP contribution in [0.15, 0.2) is 0 Å². The van der Waals surface area contributed by atoms with Gasteiger partial charge in [-0.15, -0.1) is 0 Å². The third kappa shape index (κ3) is 27.4. The van der Waals surface area contributed by atoms with E-state index in [0.29, 0.717) is 12.8 Å². The Morgan fingerprint density at radius 1 is 0.478 bits per heavy atom. The number of carbonyl (C=O) groups excluding carboxylic acids is 1. The fourth-order valence-electron chi connectivity index (χ4n) is 9.53. The Morgan fingerprint density at radius 2 is 0.851 bits per heavy atom. The van der Waals surface area contributed by atoms with E-state index < -0.39 is 86.8 Å². The summed E-state index contributed by atoms with van der Waals surface area (Å²) in [4.78, 5) is 13.2. The third-order valence-electron chi connectivity index (χ3n) is 14.1. The number of hydrogen-bond donors (Lipinski definition) is 9. The highest BCUT2D eigenvalue weighted by molar-refractivity contribution is 5.76. The zero-order valence-electron chi connectivity index (χ0n) is 42.4. The molecule has 2 rings (SSSR count). The molecule has 1 amide bonds. The van der Waals surface area contributed by atoms with Crippen LogP contribution in [0.25, 0.3) is 0 Å². The van der Waals surface area contributed by atoms with E-state index in [1.54, 1.807) is 0 Å². The number of amides is 1. The number of aliphatic hydroxyl groups excluding tert-OH is 8. The summed E-state index contributed by atoms with van der Waals surface area (Å²) in [7, 11) is 0. The highest BCUT2D eigenvalue weighted by atomic mass is 16.7. The van der Waals surface area contributed by atoms with Gasteiger partial charge in [0, 0.05) is 6.42 Å². The Labute approximate surface area is 406 Å². The summed E-state index contributed by atoms with van der Waals surface area (Å²) in [6.07, 6.45) is 25.2. The van der Waals surface area contributed by atoms with E-state index in [2.05, 4.69) is 19.2 Å². The number of ether oxygens (including phenoxy) is 4. The molecular weight excluding hydrogens is 859 g/mol. The highest BCUT2D eigenvalue weighted by Crippen LogP contribution is 2.30. The third-order valence-corrected chi connectivity index (χ3v) is 14.1. The minimum absolute atomic E-state index is 0.202. The van der Waals surface area contributed by atoms with E-state index in [1.807, 2.05) is 0 Å². The van der Waals surface area contributed by atoms with Crippen LogP contribution in [0.4, 0.5) is 0 Å². The average Bonchev–Trinajstić information content (AvgIpc) is 3.32. The van der Waals surface area contributed by atoms with Crippen molar-refractivity contribution in [3.8, 4) is 0 Å². The topological polar surface area (TPSA) is 228 Å². The van der Waals surface area contributed by atoms with Crippen molar-refractivity contribution >= 4 is 5.91 Å². The van der Waals surface area contributed by atoms with Gasteiger partial charge in [0.05, 0.1) is 32.0 Å². The van der Waals surface area contributed by atoms with Crippen LogP contribution in [0.2, 0.25) is 0 Å². The van der Waals surface area contributed by atoms with Crippen molar-refractivity contribution in [2.75, 3.05) is 19.8 Å². The fraction of sp³-hybridized carbons (Fsp3) is 0.981. The van der Waals surface area contributed by atoms with Crippen molar-refractivity contribution in [1.82, 2.24) is 5.32 Å². The molecule has 14 heteroatoms. The molecule has 2 heterocycles.